The van der Waals surface area contributed by atoms with E-state index in [4.69, 9.17) is 14.7 Å². The average molecular weight is 331 g/mol. The number of amides is 2. The van der Waals surface area contributed by atoms with Gasteiger partial charge < -0.3 is 19.7 Å². The number of carbonyl (C=O) groups excluding carboxylic acids is 2. The van der Waals surface area contributed by atoms with Crippen LogP contribution in [0.5, 0.6) is 11.5 Å². The molecule has 7 nitrogen and oxygen atoms in total. The van der Waals surface area contributed by atoms with Gasteiger partial charge in [-0.2, -0.15) is 5.26 Å². The van der Waals surface area contributed by atoms with Crippen molar-refractivity contribution in [3.8, 4) is 17.6 Å². The van der Waals surface area contributed by atoms with Gasteiger partial charge in [-0.3, -0.25) is 9.59 Å². The van der Waals surface area contributed by atoms with Crippen LogP contribution in [0.25, 0.3) is 0 Å². The topological polar surface area (TPSA) is 91.7 Å². The summed E-state index contributed by atoms with van der Waals surface area (Å²) in [6.45, 7) is 0.898. The zero-order chi connectivity index (χ0) is 17.5. The van der Waals surface area contributed by atoms with Crippen LogP contribution >= 0.6 is 0 Å². The summed E-state index contributed by atoms with van der Waals surface area (Å²) in [5.74, 6) is 0.659. The van der Waals surface area contributed by atoms with Crippen LogP contribution < -0.4 is 14.8 Å². The monoisotopic (exact) mass is 331 g/mol. The standard InChI is InChI=1S/C17H21N3O4/c1-23-14-4-3-12(9-15(14)24-2)5-8-20-11-13(10-16(20)21)17(22)19-7-6-18/h3-4,9,13H,5,7-8,10-11H2,1-2H3,(H,19,22)/t13-/m0/s1. The van der Waals surface area contributed by atoms with Crippen molar-refractivity contribution in [3.63, 3.8) is 0 Å². The van der Waals surface area contributed by atoms with Gasteiger partial charge >= 0.3 is 0 Å². The molecule has 1 aromatic rings. The van der Waals surface area contributed by atoms with Gasteiger partial charge in [0.2, 0.25) is 11.8 Å². The number of benzene rings is 1. The lowest BCUT2D eigenvalue weighted by molar-refractivity contribution is -0.128. The van der Waals surface area contributed by atoms with Crippen LogP contribution in [0.3, 0.4) is 0 Å². The maximum Gasteiger partial charge on any atom is 0.226 e. The summed E-state index contributed by atoms with van der Waals surface area (Å²) in [4.78, 5) is 25.6. The smallest absolute Gasteiger partial charge is 0.226 e. The van der Waals surface area contributed by atoms with Crippen LogP contribution in [0.2, 0.25) is 0 Å². The van der Waals surface area contributed by atoms with E-state index in [1.54, 1.807) is 19.1 Å². The highest BCUT2D eigenvalue weighted by Crippen LogP contribution is 2.28. The maximum atomic E-state index is 12.0. The maximum absolute atomic E-state index is 12.0. The molecule has 1 aliphatic heterocycles. The highest BCUT2D eigenvalue weighted by Gasteiger charge is 2.33. The van der Waals surface area contributed by atoms with E-state index in [1.807, 2.05) is 24.3 Å². The normalized spacial score (nSPS) is 16.6. The van der Waals surface area contributed by atoms with E-state index in [0.29, 0.717) is 31.0 Å². The largest absolute Gasteiger partial charge is 0.493 e. The van der Waals surface area contributed by atoms with E-state index in [9.17, 15) is 9.59 Å². The van der Waals surface area contributed by atoms with E-state index in [0.717, 1.165) is 5.56 Å². The predicted octanol–water partition coefficient (Wildman–Crippen LogP) is 0.735. The molecule has 1 fully saturated rings. The van der Waals surface area contributed by atoms with E-state index in [-0.39, 0.29) is 30.7 Å². The molecule has 0 aromatic heterocycles. The second kappa shape index (κ2) is 8.20. The third-order valence-electron chi connectivity index (χ3n) is 4.05. The molecule has 0 bridgehead atoms. The number of ether oxygens (including phenoxy) is 2. The van der Waals surface area contributed by atoms with Crippen molar-refractivity contribution in [3.05, 3.63) is 23.8 Å². The van der Waals surface area contributed by atoms with Gasteiger partial charge in [0, 0.05) is 19.5 Å². The first-order valence-corrected chi connectivity index (χ1v) is 7.72. The number of hydrogen-bond acceptors (Lipinski definition) is 5. The molecule has 2 rings (SSSR count). The highest BCUT2D eigenvalue weighted by atomic mass is 16.5. The van der Waals surface area contributed by atoms with Crippen molar-refractivity contribution in [2.24, 2.45) is 5.92 Å². The first-order valence-electron chi connectivity index (χ1n) is 7.72. The van der Waals surface area contributed by atoms with E-state index < -0.39 is 0 Å². The van der Waals surface area contributed by atoms with Crippen molar-refractivity contribution in [2.75, 3.05) is 33.9 Å². The zero-order valence-electron chi connectivity index (χ0n) is 13.9. The summed E-state index contributed by atoms with van der Waals surface area (Å²) < 4.78 is 10.5. The fourth-order valence-corrected chi connectivity index (χ4v) is 2.74. The minimum Gasteiger partial charge on any atom is -0.493 e. The van der Waals surface area contributed by atoms with E-state index >= 15 is 0 Å². The second-order valence-electron chi connectivity index (χ2n) is 5.56. The fraction of sp³-hybridized carbons (Fsp3) is 0.471. The van der Waals surface area contributed by atoms with Gasteiger partial charge in [0.15, 0.2) is 11.5 Å². The Bertz CT molecular complexity index is 654. The van der Waals surface area contributed by atoms with Crippen molar-refractivity contribution < 1.29 is 19.1 Å². The van der Waals surface area contributed by atoms with Crippen LogP contribution in [0, 0.1) is 17.2 Å². The minimum atomic E-state index is -0.378. The van der Waals surface area contributed by atoms with Crippen LogP contribution in [0.1, 0.15) is 12.0 Å². The molecular weight excluding hydrogens is 310 g/mol. The average Bonchev–Trinajstić information content (AvgIpc) is 2.98. The number of likely N-dealkylation sites (tertiary alicyclic amines) is 1. The Morgan fingerprint density at radius 2 is 2.12 bits per heavy atom. The molecule has 1 heterocycles. The molecule has 1 N–H and O–H groups in total. The summed E-state index contributed by atoms with van der Waals surface area (Å²) in [7, 11) is 3.16. The Balaban J connectivity index is 1.91. The molecule has 1 aromatic carbocycles. The van der Waals surface area contributed by atoms with Crippen LogP contribution in [0.4, 0.5) is 0 Å². The van der Waals surface area contributed by atoms with E-state index in [2.05, 4.69) is 5.32 Å². The Morgan fingerprint density at radius 1 is 1.38 bits per heavy atom. The molecule has 0 saturated carbocycles. The first-order chi connectivity index (χ1) is 11.6. The molecule has 1 saturated heterocycles. The summed E-state index contributed by atoms with van der Waals surface area (Å²) in [6, 6.07) is 7.51. The van der Waals surface area contributed by atoms with Crippen molar-refractivity contribution >= 4 is 11.8 Å². The van der Waals surface area contributed by atoms with Gasteiger partial charge in [-0.25, -0.2) is 0 Å². The molecule has 0 aliphatic carbocycles. The summed E-state index contributed by atoms with van der Waals surface area (Å²) in [6.07, 6.45) is 0.863. The van der Waals surface area contributed by atoms with Crippen molar-refractivity contribution in [1.82, 2.24) is 10.2 Å². The lowest BCUT2D eigenvalue weighted by Gasteiger charge is -2.17. The number of nitriles is 1. The van der Waals surface area contributed by atoms with Crippen molar-refractivity contribution in [2.45, 2.75) is 12.8 Å². The molecule has 1 atom stereocenters. The fourth-order valence-electron chi connectivity index (χ4n) is 2.74. The SMILES string of the molecule is COc1ccc(CCN2C[C@@H](C(=O)NCC#N)CC2=O)cc1OC. The molecule has 2 amide bonds. The van der Waals surface area contributed by atoms with Gasteiger partial charge in [0.1, 0.15) is 6.54 Å². The second-order valence-corrected chi connectivity index (χ2v) is 5.56. The number of nitrogens with zero attached hydrogens (tertiary/aromatic N) is 2. The third-order valence-corrected chi connectivity index (χ3v) is 4.05. The van der Waals surface area contributed by atoms with Crippen LogP contribution in [0.15, 0.2) is 18.2 Å². The Labute approximate surface area is 141 Å². The first kappa shape index (κ1) is 17.6. The lowest BCUT2D eigenvalue weighted by Crippen LogP contribution is -2.33. The predicted molar refractivity (Wildman–Crippen MR) is 86.6 cm³/mol. The number of hydrogen-bond donors (Lipinski definition) is 1. The Hall–Kier alpha value is -2.75. The zero-order valence-corrected chi connectivity index (χ0v) is 13.9. The molecular formula is C17H21N3O4. The number of carbonyl (C=O) groups is 2. The number of nitrogens with one attached hydrogen (secondary N) is 1. The number of methoxy groups -OCH3 is 2. The molecule has 128 valence electrons. The van der Waals surface area contributed by atoms with Crippen LogP contribution in [-0.2, 0) is 16.0 Å². The summed E-state index contributed by atoms with van der Waals surface area (Å²) in [5.41, 5.74) is 1.03. The van der Waals surface area contributed by atoms with Crippen molar-refractivity contribution in [1.29, 1.82) is 5.26 Å². The molecule has 0 radical (unpaired) electrons. The molecule has 24 heavy (non-hydrogen) atoms. The minimum absolute atomic E-state index is 0.0326. The highest BCUT2D eigenvalue weighted by molar-refractivity contribution is 5.89. The van der Waals surface area contributed by atoms with Gasteiger partial charge in [-0.05, 0) is 24.1 Å². The molecule has 1 aliphatic rings. The van der Waals surface area contributed by atoms with Crippen LogP contribution in [-0.4, -0.2) is 50.6 Å². The van der Waals surface area contributed by atoms with E-state index in [1.165, 1.54) is 0 Å². The Morgan fingerprint density at radius 3 is 2.79 bits per heavy atom. The van der Waals surface area contributed by atoms with Gasteiger partial charge in [0.05, 0.1) is 26.2 Å². The summed E-state index contributed by atoms with van der Waals surface area (Å²) >= 11 is 0. The van der Waals surface area contributed by atoms with Gasteiger partial charge in [-0.15, -0.1) is 0 Å². The third kappa shape index (κ3) is 4.16. The quantitative estimate of drug-likeness (QED) is 0.744. The molecule has 0 spiro atoms. The Kier molecular flexibility index (Phi) is 6.01. The molecule has 7 heteroatoms. The van der Waals surface area contributed by atoms with Gasteiger partial charge in [0.25, 0.3) is 0 Å². The summed E-state index contributed by atoms with van der Waals surface area (Å²) in [5, 5.41) is 11.0. The van der Waals surface area contributed by atoms with Gasteiger partial charge in [-0.1, -0.05) is 6.07 Å². The number of rotatable bonds is 7. The molecule has 0 unspecified atom stereocenters. The lowest BCUT2D eigenvalue weighted by atomic mass is 10.1.